The van der Waals surface area contributed by atoms with E-state index in [-0.39, 0.29) is 22.2 Å². The number of rotatable bonds is 2. The zero-order valence-corrected chi connectivity index (χ0v) is 14.9. The van der Waals surface area contributed by atoms with Crippen LogP contribution in [-0.2, 0) is 17.1 Å². The summed E-state index contributed by atoms with van der Waals surface area (Å²) in [6.45, 7) is 0. The SMILES string of the molecule is O=C(S)c1ccc2cc([C]3[CH][CH][CH][CH]3)ccc2c1.[CH]1[CH][CH][CH][CH]1.[Fe+2]. The Morgan fingerprint density at radius 2 is 1.25 bits per heavy atom. The second-order valence-electron chi connectivity index (χ2n) is 5.22. The first-order valence-corrected chi connectivity index (χ1v) is 7.85. The molecular weight excluding hydrogens is 356 g/mol. The predicted molar refractivity (Wildman–Crippen MR) is 98.3 cm³/mol. The molecule has 4 rings (SSSR count). The number of benzene rings is 2. The molecule has 0 heterocycles. The van der Waals surface area contributed by atoms with Crippen LogP contribution in [0.2, 0.25) is 0 Å². The standard InChI is InChI=1S/C16H11OS.C5H5.Fe/c17-16(18)15-8-7-13-9-12(5-6-14(13)10-15)11-3-1-2-4-11;1-2-4-5-3-1;/h1-10H,(H,17,18);1-5H;/q;;+2. The van der Waals surface area contributed by atoms with Gasteiger partial charge in [-0.15, -0.1) is 12.6 Å². The summed E-state index contributed by atoms with van der Waals surface area (Å²) in [7, 11) is 0. The van der Waals surface area contributed by atoms with Gasteiger partial charge in [0.2, 0.25) is 5.12 Å². The second kappa shape index (κ2) is 9.65. The number of carbonyl (C=O) groups excluding carboxylic acids is 1. The van der Waals surface area contributed by atoms with Gasteiger partial charge in [0.25, 0.3) is 0 Å². The van der Waals surface area contributed by atoms with Crippen molar-refractivity contribution in [1.82, 2.24) is 0 Å². The van der Waals surface area contributed by atoms with E-state index >= 15 is 0 Å². The minimum atomic E-state index is -0.197. The van der Waals surface area contributed by atoms with E-state index < -0.39 is 0 Å². The first-order valence-electron chi connectivity index (χ1n) is 7.40. The van der Waals surface area contributed by atoms with Gasteiger partial charge in [0.1, 0.15) is 0 Å². The molecule has 10 radical (unpaired) electrons. The molecule has 0 N–H and O–H groups in total. The van der Waals surface area contributed by atoms with E-state index in [1.54, 1.807) is 0 Å². The molecule has 0 atom stereocenters. The minimum Gasteiger partial charge on any atom is -0.282 e. The molecule has 2 saturated carbocycles. The Balaban J connectivity index is 0.000000300. The molecular formula is C21H16FeOS+2. The molecule has 3 heteroatoms. The molecule has 0 aliphatic heterocycles. The Bertz CT molecular complexity index is 665. The summed E-state index contributed by atoms with van der Waals surface area (Å²) in [5.41, 5.74) is 1.82. The fourth-order valence-corrected chi connectivity index (χ4v) is 2.58. The largest absolute Gasteiger partial charge is 2.00 e. The van der Waals surface area contributed by atoms with Crippen molar-refractivity contribution in [3.63, 3.8) is 0 Å². The first kappa shape index (κ1) is 19.6. The summed E-state index contributed by atoms with van der Waals surface area (Å²) in [6.07, 6.45) is 18.2. The molecule has 2 aromatic rings. The average molecular weight is 372 g/mol. The molecule has 1 nitrogen and oxygen atoms in total. The van der Waals surface area contributed by atoms with Crippen molar-refractivity contribution in [2.75, 3.05) is 0 Å². The Morgan fingerprint density at radius 3 is 1.83 bits per heavy atom. The average Bonchev–Trinajstić information content (AvgIpc) is 3.29. The third-order valence-electron chi connectivity index (χ3n) is 3.64. The van der Waals surface area contributed by atoms with Crippen molar-refractivity contribution in [2.24, 2.45) is 0 Å². The number of hydrogen-bond acceptors (Lipinski definition) is 1. The van der Waals surface area contributed by atoms with Crippen molar-refractivity contribution in [1.29, 1.82) is 0 Å². The van der Waals surface area contributed by atoms with Crippen LogP contribution in [-0.4, -0.2) is 5.12 Å². The summed E-state index contributed by atoms with van der Waals surface area (Å²) >= 11 is 3.84. The van der Waals surface area contributed by atoms with Gasteiger partial charge in [-0.3, -0.25) is 4.79 Å². The molecule has 0 spiro atoms. The van der Waals surface area contributed by atoms with E-state index in [0.29, 0.717) is 5.56 Å². The zero-order chi connectivity index (χ0) is 16.1. The quantitative estimate of drug-likeness (QED) is 0.598. The van der Waals surface area contributed by atoms with E-state index in [1.165, 1.54) is 11.5 Å². The summed E-state index contributed by atoms with van der Waals surface area (Å²) in [6, 6.07) is 11.9. The molecule has 0 saturated heterocycles. The Kier molecular flexibility index (Phi) is 7.87. The van der Waals surface area contributed by atoms with Crippen LogP contribution in [0.15, 0.2) is 36.4 Å². The van der Waals surface area contributed by atoms with E-state index in [2.05, 4.69) is 37.6 Å². The predicted octanol–water partition coefficient (Wildman–Crippen LogP) is 4.68. The second-order valence-corrected chi connectivity index (χ2v) is 5.62. The van der Waals surface area contributed by atoms with Crippen LogP contribution in [0.4, 0.5) is 0 Å². The molecule has 2 aliphatic carbocycles. The van der Waals surface area contributed by atoms with Gasteiger partial charge in [-0.1, -0.05) is 24.3 Å². The van der Waals surface area contributed by atoms with E-state index in [0.717, 1.165) is 10.8 Å². The molecule has 0 unspecified atom stereocenters. The van der Waals surface area contributed by atoms with E-state index in [1.807, 2.05) is 69.2 Å². The number of carbonyl (C=O) groups is 1. The fourth-order valence-electron chi connectivity index (χ4n) is 2.45. The summed E-state index contributed by atoms with van der Waals surface area (Å²) in [4.78, 5) is 11.2. The van der Waals surface area contributed by atoms with Gasteiger partial charge < -0.3 is 0 Å². The third-order valence-corrected chi connectivity index (χ3v) is 3.90. The maximum absolute atomic E-state index is 11.2. The number of hydrogen-bond donors (Lipinski definition) is 1. The van der Waals surface area contributed by atoms with Crippen LogP contribution in [0.1, 0.15) is 15.9 Å². The van der Waals surface area contributed by atoms with Gasteiger partial charge in [0.05, 0.1) is 0 Å². The van der Waals surface area contributed by atoms with Crippen LogP contribution < -0.4 is 0 Å². The van der Waals surface area contributed by atoms with Crippen LogP contribution in [0, 0.1) is 63.7 Å². The fraction of sp³-hybridized carbons (Fsp3) is 0. The van der Waals surface area contributed by atoms with Gasteiger partial charge in [-0.25, -0.2) is 0 Å². The zero-order valence-electron chi connectivity index (χ0n) is 12.9. The molecule has 118 valence electrons. The number of thiol groups is 1. The van der Waals surface area contributed by atoms with Crippen LogP contribution >= 0.6 is 12.6 Å². The Hall–Kier alpha value is -0.761. The molecule has 0 aromatic heterocycles. The third kappa shape index (κ3) is 5.12. The van der Waals surface area contributed by atoms with E-state index in [9.17, 15) is 4.79 Å². The van der Waals surface area contributed by atoms with Crippen molar-refractivity contribution < 1.29 is 21.9 Å². The van der Waals surface area contributed by atoms with Gasteiger partial charge in [-0.05, 0) is 86.3 Å². The molecule has 2 fully saturated rings. The van der Waals surface area contributed by atoms with Crippen molar-refractivity contribution >= 4 is 28.5 Å². The summed E-state index contributed by atoms with van der Waals surface area (Å²) < 4.78 is 0. The van der Waals surface area contributed by atoms with Crippen LogP contribution in [0.3, 0.4) is 0 Å². The molecule has 2 aromatic carbocycles. The minimum absolute atomic E-state index is 0. The molecule has 0 amide bonds. The first-order chi connectivity index (χ1) is 11.2. The summed E-state index contributed by atoms with van der Waals surface area (Å²) in [5, 5.41) is 1.99. The normalized spacial score (nSPS) is 17.2. The monoisotopic (exact) mass is 372 g/mol. The molecule has 0 bridgehead atoms. The van der Waals surface area contributed by atoms with Gasteiger partial charge >= 0.3 is 17.1 Å². The topological polar surface area (TPSA) is 17.1 Å². The van der Waals surface area contributed by atoms with Crippen molar-refractivity contribution in [3.8, 4) is 0 Å². The molecule has 24 heavy (non-hydrogen) atoms. The Labute approximate surface area is 161 Å². The van der Waals surface area contributed by atoms with Gasteiger partial charge in [0, 0.05) is 11.5 Å². The van der Waals surface area contributed by atoms with Gasteiger partial charge in [0.15, 0.2) is 0 Å². The maximum Gasteiger partial charge on any atom is 2.00 e. The van der Waals surface area contributed by atoms with Crippen molar-refractivity contribution in [3.05, 3.63) is 111 Å². The van der Waals surface area contributed by atoms with Crippen LogP contribution in [0.25, 0.3) is 10.8 Å². The van der Waals surface area contributed by atoms with Crippen LogP contribution in [0.5, 0.6) is 0 Å². The van der Waals surface area contributed by atoms with Crippen molar-refractivity contribution in [2.45, 2.75) is 0 Å². The van der Waals surface area contributed by atoms with E-state index in [4.69, 9.17) is 0 Å². The maximum atomic E-state index is 11.2. The van der Waals surface area contributed by atoms with Gasteiger partial charge in [-0.2, -0.15) is 0 Å². The smallest absolute Gasteiger partial charge is 0.282 e. The number of fused-ring (bicyclic) bond motifs is 1. The Morgan fingerprint density at radius 1 is 0.708 bits per heavy atom. The molecule has 2 aliphatic rings. The summed E-state index contributed by atoms with van der Waals surface area (Å²) in [5.74, 6) is 1.21.